The van der Waals surface area contributed by atoms with Gasteiger partial charge in [0.2, 0.25) is 23.6 Å². The molecule has 1 aliphatic carbocycles. The van der Waals surface area contributed by atoms with E-state index in [4.69, 9.17) is 4.52 Å². The average molecular weight is 393 g/mol. The summed E-state index contributed by atoms with van der Waals surface area (Å²) in [5.41, 5.74) is -0.598. The number of rotatable bonds is 7. The van der Waals surface area contributed by atoms with Crippen LogP contribution in [0.4, 0.5) is 0 Å². The highest BCUT2D eigenvalue weighted by Crippen LogP contribution is 2.34. The minimum atomic E-state index is -0.598. The van der Waals surface area contributed by atoms with Gasteiger partial charge in [-0.25, -0.2) is 0 Å². The van der Waals surface area contributed by atoms with E-state index in [0.29, 0.717) is 11.7 Å². The average Bonchev–Trinajstić information content (AvgIpc) is 2.99. The maximum Gasteiger partial charge on any atom is 0.244 e. The van der Waals surface area contributed by atoms with Crippen molar-refractivity contribution in [2.75, 3.05) is 14.1 Å². The summed E-state index contributed by atoms with van der Waals surface area (Å²) in [5, 5.41) is 9.80. The number of nitrogens with one attached hydrogen (secondary N) is 2. The van der Waals surface area contributed by atoms with Crippen molar-refractivity contribution in [2.45, 2.75) is 76.8 Å². The summed E-state index contributed by atoms with van der Waals surface area (Å²) in [5.74, 6) is 0.293. The summed E-state index contributed by atoms with van der Waals surface area (Å²) in [4.78, 5) is 41.6. The highest BCUT2D eigenvalue weighted by Gasteiger charge is 2.38. The summed E-state index contributed by atoms with van der Waals surface area (Å²) in [6.45, 7) is 3.14. The molecule has 0 bridgehead atoms. The SMILES string of the molecule is CC(=O)NC1(c2noc(CCC(=O)NC(C)C(=O)N(C)C)n2)CCCCCC1. The Hall–Kier alpha value is -2.45. The number of aromatic nitrogens is 2. The van der Waals surface area contributed by atoms with Crippen molar-refractivity contribution >= 4 is 17.7 Å². The van der Waals surface area contributed by atoms with Crippen LogP contribution in [-0.4, -0.2) is 52.9 Å². The molecule has 9 heteroatoms. The molecule has 3 amide bonds. The van der Waals surface area contributed by atoms with Crippen LogP contribution in [0.1, 0.15) is 70.5 Å². The van der Waals surface area contributed by atoms with Crippen LogP contribution >= 0.6 is 0 Å². The molecule has 2 rings (SSSR count). The Morgan fingerprint density at radius 2 is 1.82 bits per heavy atom. The fourth-order valence-corrected chi connectivity index (χ4v) is 3.61. The van der Waals surface area contributed by atoms with Crippen LogP contribution in [0.2, 0.25) is 0 Å². The molecule has 0 aliphatic heterocycles. The number of hydrogen-bond acceptors (Lipinski definition) is 6. The number of hydrogen-bond donors (Lipinski definition) is 2. The molecule has 1 aromatic rings. The van der Waals surface area contributed by atoms with Crippen molar-refractivity contribution in [3.05, 3.63) is 11.7 Å². The summed E-state index contributed by atoms with van der Waals surface area (Å²) >= 11 is 0. The second-order valence-corrected chi connectivity index (χ2v) is 7.71. The van der Waals surface area contributed by atoms with Crippen molar-refractivity contribution in [2.24, 2.45) is 0 Å². The topological polar surface area (TPSA) is 117 Å². The molecule has 156 valence electrons. The minimum absolute atomic E-state index is 0.118. The van der Waals surface area contributed by atoms with E-state index in [2.05, 4.69) is 20.8 Å². The molecule has 0 radical (unpaired) electrons. The summed E-state index contributed by atoms with van der Waals surface area (Å²) in [7, 11) is 3.28. The highest BCUT2D eigenvalue weighted by molar-refractivity contribution is 5.87. The van der Waals surface area contributed by atoms with Crippen molar-refractivity contribution in [1.29, 1.82) is 0 Å². The minimum Gasteiger partial charge on any atom is -0.347 e. The monoisotopic (exact) mass is 393 g/mol. The molecule has 1 atom stereocenters. The Bertz CT molecular complexity index is 692. The number of carbonyl (C=O) groups excluding carboxylic acids is 3. The van der Waals surface area contributed by atoms with Gasteiger partial charge in [-0.05, 0) is 19.8 Å². The van der Waals surface area contributed by atoms with Gasteiger partial charge in [0.1, 0.15) is 11.6 Å². The Morgan fingerprint density at radius 3 is 2.39 bits per heavy atom. The van der Waals surface area contributed by atoms with Crippen LogP contribution in [0.15, 0.2) is 4.52 Å². The lowest BCUT2D eigenvalue weighted by Crippen LogP contribution is -2.45. The van der Waals surface area contributed by atoms with Crippen LogP contribution in [0.5, 0.6) is 0 Å². The van der Waals surface area contributed by atoms with Crippen LogP contribution in [-0.2, 0) is 26.3 Å². The van der Waals surface area contributed by atoms with Crippen molar-refractivity contribution in [3.8, 4) is 0 Å². The van der Waals surface area contributed by atoms with Crippen LogP contribution in [0.25, 0.3) is 0 Å². The van der Waals surface area contributed by atoms with Gasteiger partial charge in [-0.15, -0.1) is 0 Å². The quantitative estimate of drug-likeness (QED) is 0.674. The van der Waals surface area contributed by atoms with E-state index < -0.39 is 11.6 Å². The number of nitrogens with zero attached hydrogens (tertiary/aromatic N) is 3. The van der Waals surface area contributed by atoms with E-state index in [1.54, 1.807) is 21.0 Å². The second-order valence-electron chi connectivity index (χ2n) is 7.71. The largest absolute Gasteiger partial charge is 0.347 e. The van der Waals surface area contributed by atoms with E-state index >= 15 is 0 Å². The molecule has 28 heavy (non-hydrogen) atoms. The number of likely N-dealkylation sites (N-methyl/N-ethyl adjacent to an activating group) is 1. The van der Waals surface area contributed by atoms with Crippen molar-refractivity contribution in [1.82, 2.24) is 25.7 Å². The zero-order valence-corrected chi connectivity index (χ0v) is 17.2. The molecule has 1 saturated carbocycles. The zero-order valence-electron chi connectivity index (χ0n) is 17.2. The summed E-state index contributed by atoms with van der Waals surface area (Å²) in [6.07, 6.45) is 6.19. The molecule has 1 unspecified atom stereocenters. The first-order chi connectivity index (χ1) is 13.2. The summed E-state index contributed by atoms with van der Waals surface area (Å²) in [6, 6.07) is -0.588. The fourth-order valence-electron chi connectivity index (χ4n) is 3.61. The van der Waals surface area contributed by atoms with Gasteiger partial charge in [0.15, 0.2) is 5.82 Å². The molecule has 1 heterocycles. The lowest BCUT2D eigenvalue weighted by atomic mass is 9.89. The number of carbonyl (C=O) groups is 3. The predicted octanol–water partition coefficient (Wildman–Crippen LogP) is 1.28. The van der Waals surface area contributed by atoms with Crippen molar-refractivity contribution < 1.29 is 18.9 Å². The van der Waals surface area contributed by atoms with Gasteiger partial charge in [0.05, 0.1) is 0 Å². The lowest BCUT2D eigenvalue weighted by molar-refractivity contribution is -0.133. The Kier molecular flexibility index (Phi) is 7.53. The van der Waals surface area contributed by atoms with Gasteiger partial charge in [-0.1, -0.05) is 30.8 Å². The Labute approximate surface area is 165 Å². The van der Waals surface area contributed by atoms with Crippen molar-refractivity contribution in [3.63, 3.8) is 0 Å². The van der Waals surface area contributed by atoms with Gasteiger partial charge >= 0.3 is 0 Å². The van der Waals surface area contributed by atoms with Gasteiger partial charge in [-0.3, -0.25) is 14.4 Å². The maximum absolute atomic E-state index is 12.1. The molecule has 0 saturated heterocycles. The van der Waals surface area contributed by atoms with E-state index in [0.717, 1.165) is 38.5 Å². The first-order valence-corrected chi connectivity index (χ1v) is 9.86. The van der Waals surface area contributed by atoms with E-state index in [-0.39, 0.29) is 30.6 Å². The Balaban J connectivity index is 1.99. The fraction of sp³-hybridized carbons (Fsp3) is 0.737. The zero-order chi connectivity index (χ0) is 20.7. The molecule has 1 aliphatic rings. The number of aryl methyl sites for hydroxylation is 1. The standard InChI is InChI=1S/C19H31N5O4/c1-13(17(27)24(3)4)20-15(26)9-10-16-21-18(23-28-16)19(22-14(2)25)11-7-5-6-8-12-19/h13H,5-12H2,1-4H3,(H,20,26)(H,22,25). The third-order valence-electron chi connectivity index (χ3n) is 5.02. The van der Waals surface area contributed by atoms with E-state index in [1.165, 1.54) is 11.8 Å². The second kappa shape index (κ2) is 9.66. The molecule has 9 nitrogen and oxygen atoms in total. The molecular weight excluding hydrogens is 362 g/mol. The van der Waals surface area contributed by atoms with Gasteiger partial charge in [0.25, 0.3) is 0 Å². The molecule has 1 fully saturated rings. The predicted molar refractivity (Wildman–Crippen MR) is 102 cm³/mol. The number of amides is 3. The Morgan fingerprint density at radius 1 is 1.18 bits per heavy atom. The molecule has 1 aromatic heterocycles. The third kappa shape index (κ3) is 5.77. The van der Waals surface area contributed by atoms with Gasteiger partial charge < -0.3 is 20.1 Å². The van der Waals surface area contributed by atoms with Gasteiger partial charge in [0, 0.05) is 33.9 Å². The normalized spacial score (nSPS) is 17.3. The maximum atomic E-state index is 12.1. The smallest absolute Gasteiger partial charge is 0.244 e. The van der Waals surface area contributed by atoms with Crippen LogP contribution in [0, 0.1) is 0 Å². The molecular formula is C19H31N5O4. The lowest BCUT2D eigenvalue weighted by Gasteiger charge is -2.30. The van der Waals surface area contributed by atoms with Crippen LogP contribution < -0.4 is 10.6 Å². The molecule has 0 spiro atoms. The highest BCUT2D eigenvalue weighted by atomic mass is 16.5. The molecule has 2 N–H and O–H groups in total. The van der Waals surface area contributed by atoms with E-state index in [9.17, 15) is 14.4 Å². The first kappa shape index (κ1) is 21.8. The van der Waals surface area contributed by atoms with E-state index in [1.807, 2.05) is 0 Å². The van der Waals surface area contributed by atoms with Gasteiger partial charge in [-0.2, -0.15) is 4.98 Å². The third-order valence-corrected chi connectivity index (χ3v) is 5.02. The first-order valence-electron chi connectivity index (χ1n) is 9.86. The van der Waals surface area contributed by atoms with Crippen LogP contribution in [0.3, 0.4) is 0 Å². The summed E-state index contributed by atoms with van der Waals surface area (Å²) < 4.78 is 5.34. The molecule has 0 aromatic carbocycles.